The average molecular weight is 205 g/mol. The van der Waals surface area contributed by atoms with Crippen LogP contribution < -0.4 is 5.73 Å². The van der Waals surface area contributed by atoms with Crippen LogP contribution in [0.15, 0.2) is 12.3 Å². The molecule has 72 valence electrons. The molecule has 1 atom stereocenters. The average Bonchev–Trinajstić information content (AvgIpc) is 2.09. The Labute approximate surface area is 80.7 Å². The largest absolute Gasteiger partial charge is 0.383 e. The minimum absolute atomic E-state index is 0.214. The normalized spacial score (nSPS) is 12.9. The van der Waals surface area contributed by atoms with E-state index >= 15 is 0 Å². The van der Waals surface area contributed by atoms with E-state index in [1.165, 1.54) is 13.2 Å². The number of methoxy groups -OCH3 is 1. The van der Waals surface area contributed by atoms with Crippen molar-refractivity contribution in [1.82, 2.24) is 4.98 Å². The van der Waals surface area contributed by atoms with E-state index < -0.39 is 11.9 Å². The molecule has 0 aliphatic rings. The summed E-state index contributed by atoms with van der Waals surface area (Å²) in [5.41, 5.74) is 6.12. The summed E-state index contributed by atoms with van der Waals surface area (Å²) in [5.74, 6) is -0.453. The third-order valence-electron chi connectivity index (χ3n) is 1.58. The van der Waals surface area contributed by atoms with Gasteiger partial charge in [0.25, 0.3) is 0 Å². The molecule has 0 aliphatic carbocycles. The Balaban J connectivity index is 2.91. The van der Waals surface area contributed by atoms with Gasteiger partial charge < -0.3 is 10.5 Å². The number of aromatic nitrogens is 1. The van der Waals surface area contributed by atoms with E-state index in [2.05, 4.69) is 4.98 Å². The highest BCUT2D eigenvalue weighted by atomic mass is 35.5. The van der Waals surface area contributed by atoms with Crippen molar-refractivity contribution < 1.29 is 9.13 Å². The van der Waals surface area contributed by atoms with Crippen molar-refractivity contribution in [2.75, 3.05) is 13.7 Å². The maximum Gasteiger partial charge on any atom is 0.141 e. The van der Waals surface area contributed by atoms with Gasteiger partial charge >= 0.3 is 0 Å². The molecule has 5 heteroatoms. The maximum absolute atomic E-state index is 12.7. The lowest BCUT2D eigenvalue weighted by Gasteiger charge is -2.11. The number of ether oxygens (including phenoxy) is 1. The van der Waals surface area contributed by atoms with Gasteiger partial charge in [-0.3, -0.25) is 0 Å². The molecule has 0 aliphatic heterocycles. The Morgan fingerprint density at radius 1 is 1.77 bits per heavy atom. The summed E-state index contributed by atoms with van der Waals surface area (Å²) in [6.45, 7) is 0.283. The van der Waals surface area contributed by atoms with Gasteiger partial charge in [0, 0.05) is 12.7 Å². The van der Waals surface area contributed by atoms with Crippen molar-refractivity contribution in [1.29, 1.82) is 0 Å². The molecule has 2 N–H and O–H groups in total. The SMILES string of the molecule is COC[C@@H](N)c1cc(F)cnc1Cl. The van der Waals surface area contributed by atoms with Gasteiger partial charge in [-0.05, 0) is 6.07 Å². The number of pyridine rings is 1. The predicted molar refractivity (Wildman–Crippen MR) is 48.0 cm³/mol. The summed E-state index contributed by atoms with van der Waals surface area (Å²) in [6, 6.07) is 0.819. The van der Waals surface area contributed by atoms with Crippen molar-refractivity contribution in [2.45, 2.75) is 6.04 Å². The minimum atomic E-state index is -0.453. The first-order valence-corrected chi connectivity index (χ1v) is 4.08. The predicted octanol–water partition coefficient (Wildman–Crippen LogP) is 1.52. The first kappa shape index (κ1) is 10.4. The first-order valence-electron chi connectivity index (χ1n) is 3.70. The lowest BCUT2D eigenvalue weighted by Crippen LogP contribution is -2.17. The number of nitrogens with two attached hydrogens (primary N) is 1. The molecule has 0 bridgehead atoms. The molecule has 1 aromatic rings. The van der Waals surface area contributed by atoms with Crippen LogP contribution in [0.3, 0.4) is 0 Å². The van der Waals surface area contributed by atoms with Crippen LogP contribution in [-0.2, 0) is 4.74 Å². The van der Waals surface area contributed by atoms with Gasteiger partial charge in [0.05, 0.1) is 18.8 Å². The zero-order valence-electron chi connectivity index (χ0n) is 7.13. The van der Waals surface area contributed by atoms with E-state index in [4.69, 9.17) is 22.1 Å². The van der Waals surface area contributed by atoms with E-state index in [0.29, 0.717) is 5.56 Å². The maximum atomic E-state index is 12.7. The van der Waals surface area contributed by atoms with Gasteiger partial charge in [-0.2, -0.15) is 0 Å². The summed E-state index contributed by atoms with van der Waals surface area (Å²) in [4.78, 5) is 3.64. The van der Waals surface area contributed by atoms with E-state index in [-0.39, 0.29) is 11.8 Å². The number of hydrogen-bond acceptors (Lipinski definition) is 3. The monoisotopic (exact) mass is 204 g/mol. The van der Waals surface area contributed by atoms with Crippen LogP contribution in [0.25, 0.3) is 0 Å². The van der Waals surface area contributed by atoms with Crippen LogP contribution in [-0.4, -0.2) is 18.7 Å². The Kier molecular flexibility index (Phi) is 3.59. The van der Waals surface area contributed by atoms with Crippen molar-refractivity contribution in [3.05, 3.63) is 28.8 Å². The number of rotatable bonds is 3. The molecule has 1 rings (SSSR count). The molecule has 0 spiro atoms. The fraction of sp³-hybridized carbons (Fsp3) is 0.375. The smallest absolute Gasteiger partial charge is 0.141 e. The van der Waals surface area contributed by atoms with Crippen LogP contribution in [0.4, 0.5) is 4.39 Å². The number of nitrogens with zero attached hydrogens (tertiary/aromatic N) is 1. The zero-order chi connectivity index (χ0) is 9.84. The highest BCUT2D eigenvalue weighted by Crippen LogP contribution is 2.19. The van der Waals surface area contributed by atoms with Gasteiger partial charge in [0.2, 0.25) is 0 Å². The third kappa shape index (κ3) is 2.62. The van der Waals surface area contributed by atoms with Crippen LogP contribution >= 0.6 is 11.6 Å². The van der Waals surface area contributed by atoms with Crippen LogP contribution in [0, 0.1) is 5.82 Å². The Bertz CT molecular complexity index is 295. The molecule has 0 saturated heterocycles. The molecule has 0 aromatic carbocycles. The molecule has 0 unspecified atom stereocenters. The van der Waals surface area contributed by atoms with Crippen molar-refractivity contribution in [3.8, 4) is 0 Å². The van der Waals surface area contributed by atoms with Crippen LogP contribution in [0.5, 0.6) is 0 Å². The van der Waals surface area contributed by atoms with Gasteiger partial charge in [0.15, 0.2) is 0 Å². The Morgan fingerprint density at radius 3 is 3.08 bits per heavy atom. The molecule has 0 radical (unpaired) electrons. The first-order chi connectivity index (χ1) is 6.15. The summed E-state index contributed by atoms with van der Waals surface area (Å²) in [7, 11) is 1.51. The molecule has 0 saturated carbocycles. The fourth-order valence-corrected chi connectivity index (χ4v) is 1.21. The zero-order valence-corrected chi connectivity index (χ0v) is 7.88. The Morgan fingerprint density at radius 2 is 2.46 bits per heavy atom. The standard InChI is InChI=1S/C8H10ClFN2O/c1-13-4-7(11)6-2-5(10)3-12-8(6)9/h2-3,7H,4,11H2,1H3/t7-/m1/s1. The lowest BCUT2D eigenvalue weighted by atomic mass is 10.1. The second-order valence-electron chi connectivity index (χ2n) is 2.60. The van der Waals surface area contributed by atoms with Crippen LogP contribution in [0.1, 0.15) is 11.6 Å². The lowest BCUT2D eigenvalue weighted by molar-refractivity contribution is 0.180. The minimum Gasteiger partial charge on any atom is -0.383 e. The Hall–Kier alpha value is -0.710. The second-order valence-corrected chi connectivity index (χ2v) is 2.95. The summed E-state index contributed by atoms with van der Waals surface area (Å²) >= 11 is 5.71. The van der Waals surface area contributed by atoms with Crippen molar-refractivity contribution in [3.63, 3.8) is 0 Å². The van der Waals surface area contributed by atoms with Gasteiger partial charge in [-0.1, -0.05) is 11.6 Å². The summed E-state index contributed by atoms with van der Waals surface area (Å²) in [5, 5.41) is 0.214. The third-order valence-corrected chi connectivity index (χ3v) is 1.89. The summed E-state index contributed by atoms with van der Waals surface area (Å²) < 4.78 is 17.5. The summed E-state index contributed by atoms with van der Waals surface area (Å²) in [6.07, 6.45) is 1.05. The quantitative estimate of drug-likeness (QED) is 0.760. The fourth-order valence-electron chi connectivity index (χ4n) is 0.968. The van der Waals surface area contributed by atoms with E-state index in [0.717, 1.165) is 6.20 Å². The molecule has 13 heavy (non-hydrogen) atoms. The van der Waals surface area contributed by atoms with Gasteiger partial charge in [0.1, 0.15) is 11.0 Å². The molecular formula is C8H10ClFN2O. The molecule has 0 amide bonds. The topological polar surface area (TPSA) is 48.1 Å². The molecule has 3 nitrogen and oxygen atoms in total. The van der Waals surface area contributed by atoms with E-state index in [9.17, 15) is 4.39 Å². The highest BCUT2D eigenvalue weighted by Gasteiger charge is 2.11. The van der Waals surface area contributed by atoms with Crippen molar-refractivity contribution in [2.24, 2.45) is 5.73 Å². The number of halogens is 2. The van der Waals surface area contributed by atoms with Gasteiger partial charge in [-0.15, -0.1) is 0 Å². The van der Waals surface area contributed by atoms with Crippen molar-refractivity contribution >= 4 is 11.6 Å². The molecule has 1 heterocycles. The number of hydrogen-bond donors (Lipinski definition) is 1. The van der Waals surface area contributed by atoms with E-state index in [1.807, 2.05) is 0 Å². The molecule has 0 fully saturated rings. The van der Waals surface area contributed by atoms with E-state index in [1.54, 1.807) is 0 Å². The van der Waals surface area contributed by atoms with Crippen LogP contribution in [0.2, 0.25) is 5.15 Å². The van der Waals surface area contributed by atoms with Gasteiger partial charge in [-0.25, -0.2) is 9.37 Å². The highest BCUT2D eigenvalue weighted by molar-refractivity contribution is 6.30. The molecule has 1 aromatic heterocycles. The molecular weight excluding hydrogens is 195 g/mol. The second kappa shape index (κ2) is 4.50.